The van der Waals surface area contributed by atoms with Crippen molar-refractivity contribution in [1.82, 2.24) is 4.72 Å². The molecule has 26 heavy (non-hydrogen) atoms. The van der Waals surface area contributed by atoms with Gasteiger partial charge in [-0.25, -0.2) is 13.1 Å². The van der Waals surface area contributed by atoms with Gasteiger partial charge in [0.2, 0.25) is 10.0 Å². The van der Waals surface area contributed by atoms with Crippen LogP contribution in [0.5, 0.6) is 0 Å². The van der Waals surface area contributed by atoms with Crippen LogP contribution >= 0.6 is 0 Å². The van der Waals surface area contributed by atoms with E-state index in [1.54, 1.807) is 0 Å². The number of carbonyl (C=O) groups is 1. The predicted molar refractivity (Wildman–Crippen MR) is 94.0 cm³/mol. The molecule has 0 unspecified atom stereocenters. The highest BCUT2D eigenvalue weighted by Gasteiger charge is 2.23. The monoisotopic (exact) mass is 378 g/mol. The Hall–Kier alpha value is -2.78. The Balaban J connectivity index is 2.21. The summed E-state index contributed by atoms with van der Waals surface area (Å²) in [6, 6.07) is 12.9. The summed E-state index contributed by atoms with van der Waals surface area (Å²) < 4.78 is 32.2. The third kappa shape index (κ3) is 5.36. The van der Waals surface area contributed by atoms with Crippen molar-refractivity contribution in [3.63, 3.8) is 0 Å². The lowest BCUT2D eigenvalue weighted by molar-refractivity contribution is -0.384. The van der Waals surface area contributed by atoms with Crippen molar-refractivity contribution < 1.29 is 22.9 Å². The normalized spacial score (nSPS) is 12.3. The molecule has 0 aliphatic rings. The summed E-state index contributed by atoms with van der Waals surface area (Å²) >= 11 is 0. The first-order valence-corrected chi connectivity index (χ1v) is 9.17. The van der Waals surface area contributed by atoms with Crippen molar-refractivity contribution in [2.45, 2.75) is 23.8 Å². The van der Waals surface area contributed by atoms with E-state index in [9.17, 15) is 23.3 Å². The van der Waals surface area contributed by atoms with Gasteiger partial charge in [0.15, 0.2) is 0 Å². The molecule has 1 N–H and O–H groups in total. The lowest BCUT2D eigenvalue weighted by atomic mass is 10.0. The van der Waals surface area contributed by atoms with Gasteiger partial charge in [0, 0.05) is 18.2 Å². The molecule has 0 bridgehead atoms. The first-order chi connectivity index (χ1) is 12.3. The minimum absolute atomic E-state index is 0.119. The van der Waals surface area contributed by atoms with Gasteiger partial charge in [-0.1, -0.05) is 30.3 Å². The summed E-state index contributed by atoms with van der Waals surface area (Å²) in [6.45, 7) is 0. The predicted octanol–water partition coefficient (Wildman–Crippen LogP) is 2.05. The van der Waals surface area contributed by atoms with Crippen molar-refractivity contribution in [2.24, 2.45) is 0 Å². The highest BCUT2D eigenvalue weighted by molar-refractivity contribution is 7.89. The van der Waals surface area contributed by atoms with E-state index in [0.29, 0.717) is 6.42 Å². The van der Waals surface area contributed by atoms with Crippen LogP contribution in [-0.4, -0.2) is 32.5 Å². The highest BCUT2D eigenvalue weighted by Crippen LogP contribution is 2.17. The maximum absolute atomic E-state index is 12.6. The number of non-ortho nitro benzene ring substituents is 1. The number of nitrogens with zero attached hydrogens (tertiary/aromatic N) is 1. The van der Waals surface area contributed by atoms with Gasteiger partial charge in [-0.3, -0.25) is 14.9 Å². The largest absolute Gasteiger partial charge is 0.469 e. The molecule has 0 saturated carbocycles. The molecule has 0 radical (unpaired) electrons. The lowest BCUT2D eigenvalue weighted by Gasteiger charge is -2.18. The SMILES string of the molecule is COC(=O)C[C@H](Cc1ccccc1)NS(=O)(=O)c1ccc([N+](=O)[O-])cc1. The summed E-state index contributed by atoms with van der Waals surface area (Å²) in [4.78, 5) is 21.6. The van der Waals surface area contributed by atoms with Crippen LogP contribution in [0.3, 0.4) is 0 Å². The van der Waals surface area contributed by atoms with Crippen LogP contribution in [0.2, 0.25) is 0 Å². The topological polar surface area (TPSA) is 116 Å². The smallest absolute Gasteiger partial charge is 0.307 e. The molecule has 8 nitrogen and oxygen atoms in total. The van der Waals surface area contributed by atoms with Crippen LogP contribution in [0.1, 0.15) is 12.0 Å². The fourth-order valence-corrected chi connectivity index (χ4v) is 3.61. The van der Waals surface area contributed by atoms with E-state index in [1.165, 1.54) is 7.11 Å². The van der Waals surface area contributed by atoms with E-state index < -0.39 is 27.0 Å². The number of sulfonamides is 1. The van der Waals surface area contributed by atoms with E-state index in [2.05, 4.69) is 9.46 Å². The van der Waals surface area contributed by atoms with Crippen molar-refractivity contribution in [2.75, 3.05) is 7.11 Å². The number of nitrogens with one attached hydrogen (secondary N) is 1. The fourth-order valence-electron chi connectivity index (χ4n) is 2.37. The summed E-state index contributed by atoms with van der Waals surface area (Å²) in [7, 11) is -2.73. The van der Waals surface area contributed by atoms with Gasteiger partial charge in [-0.15, -0.1) is 0 Å². The average Bonchev–Trinajstić information content (AvgIpc) is 2.62. The van der Waals surface area contributed by atoms with Crippen LogP contribution in [0.15, 0.2) is 59.5 Å². The van der Waals surface area contributed by atoms with E-state index in [1.807, 2.05) is 30.3 Å². The van der Waals surface area contributed by atoms with Gasteiger partial charge in [0.05, 0.1) is 23.3 Å². The van der Waals surface area contributed by atoms with Crippen LogP contribution < -0.4 is 4.72 Å². The van der Waals surface area contributed by atoms with Gasteiger partial charge in [0.1, 0.15) is 0 Å². The number of carbonyl (C=O) groups excluding carboxylic acids is 1. The van der Waals surface area contributed by atoms with Crippen LogP contribution in [0.4, 0.5) is 5.69 Å². The zero-order chi connectivity index (χ0) is 19.2. The van der Waals surface area contributed by atoms with Gasteiger partial charge in [-0.05, 0) is 24.1 Å². The second-order valence-electron chi connectivity index (χ2n) is 5.54. The minimum atomic E-state index is -3.96. The molecule has 0 heterocycles. The van der Waals surface area contributed by atoms with Crippen molar-refractivity contribution >= 4 is 21.7 Å². The zero-order valence-electron chi connectivity index (χ0n) is 14.0. The number of esters is 1. The second-order valence-corrected chi connectivity index (χ2v) is 7.25. The Labute approximate surface area is 151 Å². The number of nitro groups is 1. The Morgan fingerprint density at radius 1 is 1.15 bits per heavy atom. The lowest BCUT2D eigenvalue weighted by Crippen LogP contribution is -2.38. The average molecular weight is 378 g/mol. The number of benzene rings is 2. The molecular formula is C17H18N2O6S. The molecule has 138 valence electrons. The number of hydrogen-bond acceptors (Lipinski definition) is 6. The number of methoxy groups -OCH3 is 1. The van der Waals surface area contributed by atoms with Crippen LogP contribution in [-0.2, 0) is 26.0 Å². The number of nitro benzene ring substituents is 1. The van der Waals surface area contributed by atoms with Crippen LogP contribution in [0, 0.1) is 10.1 Å². The molecule has 0 aromatic heterocycles. The Bertz CT molecular complexity index is 866. The molecule has 0 fully saturated rings. The van der Waals surface area contributed by atoms with Crippen LogP contribution in [0.25, 0.3) is 0 Å². The minimum Gasteiger partial charge on any atom is -0.469 e. The zero-order valence-corrected chi connectivity index (χ0v) is 14.8. The fraction of sp³-hybridized carbons (Fsp3) is 0.235. The molecule has 2 aromatic carbocycles. The van der Waals surface area contributed by atoms with E-state index in [0.717, 1.165) is 29.8 Å². The molecule has 0 saturated heterocycles. The van der Waals surface area contributed by atoms with Gasteiger partial charge in [0.25, 0.3) is 5.69 Å². The Kier molecular flexibility index (Phi) is 6.42. The summed E-state index contributed by atoms with van der Waals surface area (Å²) in [5, 5.41) is 10.7. The summed E-state index contributed by atoms with van der Waals surface area (Å²) in [5.74, 6) is -0.544. The molecule has 0 aliphatic heterocycles. The molecule has 1 atom stereocenters. The third-order valence-corrected chi connectivity index (χ3v) is 5.18. The number of hydrogen-bond donors (Lipinski definition) is 1. The maximum Gasteiger partial charge on any atom is 0.307 e. The first kappa shape index (κ1) is 19.5. The molecule has 2 rings (SSSR count). The quantitative estimate of drug-likeness (QED) is 0.427. The van der Waals surface area contributed by atoms with Gasteiger partial charge >= 0.3 is 5.97 Å². The highest BCUT2D eigenvalue weighted by atomic mass is 32.2. The molecule has 0 spiro atoms. The molecular weight excluding hydrogens is 360 g/mol. The van der Waals surface area contributed by atoms with E-state index in [4.69, 9.17) is 0 Å². The third-order valence-electron chi connectivity index (χ3n) is 3.65. The number of rotatable bonds is 8. The van der Waals surface area contributed by atoms with Crippen molar-refractivity contribution in [3.05, 3.63) is 70.3 Å². The molecule has 9 heteroatoms. The Morgan fingerprint density at radius 2 is 1.77 bits per heavy atom. The van der Waals surface area contributed by atoms with Crippen molar-refractivity contribution in [3.8, 4) is 0 Å². The van der Waals surface area contributed by atoms with Crippen molar-refractivity contribution in [1.29, 1.82) is 0 Å². The Morgan fingerprint density at radius 3 is 2.31 bits per heavy atom. The maximum atomic E-state index is 12.6. The molecule has 0 amide bonds. The number of ether oxygens (including phenoxy) is 1. The van der Waals surface area contributed by atoms with E-state index in [-0.39, 0.29) is 17.0 Å². The molecule has 2 aromatic rings. The van der Waals surface area contributed by atoms with E-state index >= 15 is 0 Å². The van der Waals surface area contributed by atoms with Gasteiger partial charge in [-0.2, -0.15) is 0 Å². The second kappa shape index (κ2) is 8.54. The summed E-state index contributed by atoms with van der Waals surface area (Å²) in [6.07, 6.45) is 0.153. The standard InChI is InChI=1S/C17H18N2O6S/c1-25-17(20)12-14(11-13-5-3-2-4-6-13)18-26(23,24)16-9-7-15(8-10-16)19(21)22/h2-10,14,18H,11-12H2,1H3/t14-/m0/s1. The summed E-state index contributed by atoms with van der Waals surface area (Å²) in [5.41, 5.74) is 0.646. The molecule has 0 aliphatic carbocycles. The first-order valence-electron chi connectivity index (χ1n) is 7.69. The van der Waals surface area contributed by atoms with Gasteiger partial charge < -0.3 is 4.74 Å².